The van der Waals surface area contributed by atoms with Crippen LogP contribution >= 0.6 is 0 Å². The van der Waals surface area contributed by atoms with Gasteiger partial charge >= 0.3 is 0 Å². The van der Waals surface area contributed by atoms with Gasteiger partial charge in [-0.15, -0.1) is 0 Å². The van der Waals surface area contributed by atoms with E-state index in [0.29, 0.717) is 28.6 Å². The summed E-state index contributed by atoms with van der Waals surface area (Å²) in [5, 5.41) is 0. The van der Waals surface area contributed by atoms with Gasteiger partial charge in [-0.05, 0) is 25.0 Å². The third-order valence-corrected chi connectivity index (χ3v) is 3.95. The molecule has 0 aliphatic carbocycles. The van der Waals surface area contributed by atoms with E-state index in [1.807, 2.05) is 19.9 Å². The van der Waals surface area contributed by atoms with Crippen molar-refractivity contribution >= 4 is 10.8 Å². The van der Waals surface area contributed by atoms with Crippen molar-refractivity contribution in [2.75, 3.05) is 20.0 Å². The van der Waals surface area contributed by atoms with Crippen molar-refractivity contribution < 1.29 is 13.7 Å². The number of hydrogen-bond donors (Lipinski definition) is 1. The summed E-state index contributed by atoms with van der Waals surface area (Å²) in [7, 11) is 2.11. The molecule has 0 saturated carbocycles. The topological polar surface area (TPSA) is 61.5 Å². The van der Waals surface area contributed by atoms with Gasteiger partial charge in [0, 0.05) is 17.9 Å². The molecule has 5 heteroatoms. The van der Waals surface area contributed by atoms with Crippen molar-refractivity contribution in [1.29, 1.82) is 0 Å². The Bertz CT molecular complexity index is 432. The maximum absolute atomic E-state index is 11.9. The van der Waals surface area contributed by atoms with E-state index in [-0.39, 0.29) is 6.04 Å². The first-order valence-electron chi connectivity index (χ1n) is 5.92. The Kier molecular flexibility index (Phi) is 5.62. The molecule has 1 unspecified atom stereocenters. The second-order valence-corrected chi connectivity index (χ2v) is 5.84. The molecule has 1 aromatic rings. The maximum atomic E-state index is 11.9. The quantitative estimate of drug-likeness (QED) is 0.856. The number of methoxy groups -OCH3 is 2. The Morgan fingerprint density at radius 1 is 1.28 bits per heavy atom. The van der Waals surface area contributed by atoms with E-state index in [2.05, 4.69) is 0 Å². The highest BCUT2D eigenvalue weighted by Gasteiger charge is 2.15. The monoisotopic (exact) mass is 271 g/mol. The van der Waals surface area contributed by atoms with Crippen molar-refractivity contribution in [2.24, 2.45) is 5.73 Å². The molecule has 0 fully saturated rings. The molecule has 0 bridgehead atoms. The van der Waals surface area contributed by atoms with Crippen LogP contribution in [-0.4, -0.2) is 30.2 Å². The summed E-state index contributed by atoms with van der Waals surface area (Å²) in [6.45, 7) is 3.81. The smallest absolute Gasteiger partial charge is 0.135 e. The molecule has 0 amide bonds. The van der Waals surface area contributed by atoms with Crippen molar-refractivity contribution in [1.82, 2.24) is 0 Å². The zero-order chi connectivity index (χ0) is 13.7. The van der Waals surface area contributed by atoms with Crippen LogP contribution < -0.4 is 15.2 Å². The van der Waals surface area contributed by atoms with E-state index in [9.17, 15) is 4.21 Å². The van der Waals surface area contributed by atoms with E-state index < -0.39 is 10.8 Å². The fourth-order valence-electron chi connectivity index (χ4n) is 1.77. The van der Waals surface area contributed by atoms with Crippen LogP contribution in [0.15, 0.2) is 17.0 Å². The number of hydrogen-bond acceptors (Lipinski definition) is 4. The van der Waals surface area contributed by atoms with Gasteiger partial charge in [0.2, 0.25) is 0 Å². The lowest BCUT2D eigenvalue weighted by Crippen LogP contribution is -2.18. The summed E-state index contributed by atoms with van der Waals surface area (Å²) in [5.41, 5.74) is 6.78. The normalized spacial score (nSPS) is 14.1. The van der Waals surface area contributed by atoms with Crippen molar-refractivity contribution in [3.8, 4) is 11.5 Å². The summed E-state index contributed by atoms with van der Waals surface area (Å²) in [6, 6.07) is 3.69. The zero-order valence-corrected chi connectivity index (χ0v) is 12.2. The lowest BCUT2D eigenvalue weighted by Gasteiger charge is -2.15. The minimum Gasteiger partial charge on any atom is -0.496 e. The molecule has 0 heterocycles. The Morgan fingerprint density at radius 3 is 2.33 bits per heavy atom. The van der Waals surface area contributed by atoms with E-state index >= 15 is 0 Å². The summed E-state index contributed by atoms with van der Waals surface area (Å²) < 4.78 is 22.6. The Morgan fingerprint density at radius 2 is 1.89 bits per heavy atom. The van der Waals surface area contributed by atoms with Crippen molar-refractivity contribution in [2.45, 2.75) is 31.2 Å². The molecule has 102 valence electrons. The lowest BCUT2D eigenvalue weighted by atomic mass is 10.1. The zero-order valence-electron chi connectivity index (χ0n) is 11.4. The van der Waals surface area contributed by atoms with Crippen LogP contribution in [0.5, 0.6) is 11.5 Å². The SMILES string of the molecule is CCS(=O)c1cc(OC)c(C[C@@H](C)N)cc1OC. The first-order valence-corrected chi connectivity index (χ1v) is 7.24. The minimum atomic E-state index is -1.07. The van der Waals surface area contributed by atoms with Crippen molar-refractivity contribution in [3.05, 3.63) is 17.7 Å². The molecule has 0 spiro atoms. The molecule has 18 heavy (non-hydrogen) atoms. The summed E-state index contributed by atoms with van der Waals surface area (Å²) in [6.07, 6.45) is 0.693. The van der Waals surface area contributed by atoms with Crippen LogP contribution in [0.4, 0.5) is 0 Å². The van der Waals surface area contributed by atoms with Crippen molar-refractivity contribution in [3.63, 3.8) is 0 Å². The highest BCUT2D eigenvalue weighted by Crippen LogP contribution is 2.31. The highest BCUT2D eigenvalue weighted by atomic mass is 32.2. The molecule has 0 aliphatic heterocycles. The van der Waals surface area contributed by atoms with E-state index in [0.717, 1.165) is 5.56 Å². The standard InChI is InChI=1S/C13H21NO3S/c1-5-18(15)13-8-11(16-3)10(6-9(2)14)7-12(13)17-4/h7-9H,5-6,14H2,1-4H3/t9-,18?/m1/s1. The number of nitrogens with two attached hydrogens (primary N) is 1. The predicted molar refractivity (Wildman–Crippen MR) is 73.8 cm³/mol. The summed E-state index contributed by atoms with van der Waals surface area (Å²) in [5.74, 6) is 1.89. The fraction of sp³-hybridized carbons (Fsp3) is 0.538. The van der Waals surface area contributed by atoms with Gasteiger partial charge in [0.15, 0.2) is 0 Å². The summed E-state index contributed by atoms with van der Waals surface area (Å²) >= 11 is 0. The van der Waals surface area contributed by atoms with Crippen LogP contribution in [0.25, 0.3) is 0 Å². The number of benzene rings is 1. The second kappa shape index (κ2) is 6.75. The van der Waals surface area contributed by atoms with Gasteiger partial charge in [-0.1, -0.05) is 6.92 Å². The average Bonchev–Trinajstić information content (AvgIpc) is 2.36. The van der Waals surface area contributed by atoms with Gasteiger partial charge in [0.25, 0.3) is 0 Å². The second-order valence-electron chi connectivity index (χ2n) is 4.13. The Balaban J connectivity index is 3.27. The van der Waals surface area contributed by atoms with Gasteiger partial charge in [0.05, 0.1) is 29.9 Å². The van der Waals surface area contributed by atoms with Gasteiger partial charge in [-0.2, -0.15) is 0 Å². The average molecular weight is 271 g/mol. The molecule has 0 saturated heterocycles. The van der Waals surface area contributed by atoms with E-state index in [4.69, 9.17) is 15.2 Å². The third-order valence-electron chi connectivity index (χ3n) is 2.62. The maximum Gasteiger partial charge on any atom is 0.135 e. The molecule has 1 aromatic carbocycles. The first-order chi connectivity index (χ1) is 8.53. The highest BCUT2D eigenvalue weighted by molar-refractivity contribution is 7.85. The van der Waals surface area contributed by atoms with E-state index in [1.54, 1.807) is 20.3 Å². The molecule has 4 nitrogen and oxygen atoms in total. The van der Waals surface area contributed by atoms with Crippen LogP contribution in [-0.2, 0) is 17.2 Å². The largest absolute Gasteiger partial charge is 0.496 e. The third kappa shape index (κ3) is 3.46. The van der Waals surface area contributed by atoms with Gasteiger partial charge in [-0.3, -0.25) is 4.21 Å². The predicted octanol–water partition coefficient (Wildman–Crippen LogP) is 1.72. The molecular formula is C13H21NO3S. The van der Waals surface area contributed by atoms with Gasteiger partial charge in [-0.25, -0.2) is 0 Å². The van der Waals surface area contributed by atoms with Crippen LogP contribution in [0.1, 0.15) is 19.4 Å². The number of ether oxygens (including phenoxy) is 2. The number of rotatable bonds is 6. The molecule has 0 aromatic heterocycles. The Hall–Kier alpha value is -1.07. The van der Waals surface area contributed by atoms with Crippen LogP contribution in [0, 0.1) is 0 Å². The van der Waals surface area contributed by atoms with Gasteiger partial charge < -0.3 is 15.2 Å². The summed E-state index contributed by atoms with van der Waals surface area (Å²) in [4.78, 5) is 0.672. The Labute approximate surface area is 111 Å². The van der Waals surface area contributed by atoms with Gasteiger partial charge in [0.1, 0.15) is 11.5 Å². The van der Waals surface area contributed by atoms with E-state index in [1.165, 1.54) is 0 Å². The lowest BCUT2D eigenvalue weighted by molar-refractivity contribution is 0.389. The first kappa shape index (κ1) is 15.0. The molecular weight excluding hydrogens is 250 g/mol. The molecule has 2 atom stereocenters. The molecule has 1 rings (SSSR count). The fourth-order valence-corrected chi connectivity index (χ4v) is 2.69. The molecule has 0 radical (unpaired) electrons. The van der Waals surface area contributed by atoms with Crippen LogP contribution in [0.3, 0.4) is 0 Å². The van der Waals surface area contributed by atoms with Crippen LogP contribution in [0.2, 0.25) is 0 Å². The molecule has 0 aliphatic rings. The minimum absolute atomic E-state index is 0.0335. The molecule has 2 N–H and O–H groups in total.